The molecule has 1 aromatic heterocycles. The van der Waals surface area contributed by atoms with Crippen LogP contribution >= 0.6 is 0 Å². The van der Waals surface area contributed by atoms with Crippen molar-refractivity contribution < 1.29 is 9.32 Å². The molecular formula is C11H20N4O2. The lowest BCUT2D eigenvalue weighted by Gasteiger charge is -2.16. The summed E-state index contributed by atoms with van der Waals surface area (Å²) in [5, 5.41) is 6.70. The molecule has 0 fully saturated rings. The summed E-state index contributed by atoms with van der Waals surface area (Å²) in [6.45, 7) is 7.71. The Hall–Kier alpha value is -1.59. The van der Waals surface area contributed by atoms with Gasteiger partial charge in [-0.05, 0) is 12.1 Å². The number of nitrogens with zero attached hydrogens (tertiary/aromatic N) is 3. The molecule has 0 unspecified atom stereocenters. The van der Waals surface area contributed by atoms with E-state index >= 15 is 0 Å². The molecule has 0 aromatic carbocycles. The van der Waals surface area contributed by atoms with Crippen LogP contribution in [0.3, 0.4) is 0 Å². The molecule has 1 heterocycles. The van der Waals surface area contributed by atoms with Gasteiger partial charge in [0, 0.05) is 19.5 Å². The van der Waals surface area contributed by atoms with Gasteiger partial charge in [-0.2, -0.15) is 4.98 Å². The second-order valence-corrected chi connectivity index (χ2v) is 5.27. The predicted octanol–water partition coefficient (Wildman–Crippen LogP) is 1.26. The fourth-order valence-corrected chi connectivity index (χ4v) is 1.23. The van der Waals surface area contributed by atoms with E-state index < -0.39 is 0 Å². The Kier molecular flexibility index (Phi) is 3.75. The molecule has 0 bridgehead atoms. The number of hydrogen-bond acceptors (Lipinski definition) is 5. The minimum Gasteiger partial charge on any atom is -0.347 e. The summed E-state index contributed by atoms with van der Waals surface area (Å²) in [5.41, 5.74) is -0.193. The molecule has 0 saturated heterocycles. The number of rotatable bonds is 3. The average Bonchev–Trinajstić information content (AvgIpc) is 2.64. The van der Waals surface area contributed by atoms with Crippen molar-refractivity contribution in [2.24, 2.45) is 0 Å². The van der Waals surface area contributed by atoms with Gasteiger partial charge in [0.15, 0.2) is 0 Å². The van der Waals surface area contributed by atoms with Gasteiger partial charge in [-0.15, -0.1) is 0 Å². The van der Waals surface area contributed by atoms with Crippen molar-refractivity contribution in [2.45, 2.75) is 39.2 Å². The third kappa shape index (κ3) is 3.44. The van der Waals surface area contributed by atoms with Gasteiger partial charge >= 0.3 is 0 Å². The molecule has 1 N–H and O–H groups in total. The van der Waals surface area contributed by atoms with Crippen LogP contribution in [0.1, 0.15) is 33.6 Å². The zero-order chi connectivity index (χ0) is 13.2. The minimum absolute atomic E-state index is 0.0351. The molecule has 0 aliphatic rings. The standard InChI is InChI=1S/C11H20N4O2/c1-7(8(16)15(5)6)12-10-13-9(17-14-10)11(2,3)4/h7H,1-6H3,(H,12,14)/t7-/m0/s1. The molecule has 0 radical (unpaired) electrons. The summed E-state index contributed by atoms with van der Waals surface area (Å²) in [6.07, 6.45) is 0. The summed E-state index contributed by atoms with van der Waals surface area (Å²) in [4.78, 5) is 17.3. The topological polar surface area (TPSA) is 71.3 Å². The molecule has 17 heavy (non-hydrogen) atoms. The van der Waals surface area contributed by atoms with E-state index in [4.69, 9.17) is 4.52 Å². The number of carbonyl (C=O) groups is 1. The fraction of sp³-hybridized carbons (Fsp3) is 0.727. The number of likely N-dealkylation sites (N-methyl/N-ethyl adjacent to an activating group) is 1. The molecular weight excluding hydrogens is 220 g/mol. The average molecular weight is 240 g/mol. The molecule has 6 nitrogen and oxygen atoms in total. The van der Waals surface area contributed by atoms with E-state index in [9.17, 15) is 4.79 Å². The third-order valence-electron chi connectivity index (χ3n) is 2.22. The quantitative estimate of drug-likeness (QED) is 0.861. The molecule has 96 valence electrons. The highest BCUT2D eigenvalue weighted by Crippen LogP contribution is 2.21. The van der Waals surface area contributed by atoms with Crippen LogP contribution in [0.2, 0.25) is 0 Å². The van der Waals surface area contributed by atoms with Gasteiger partial charge in [-0.3, -0.25) is 4.79 Å². The van der Waals surface area contributed by atoms with Gasteiger partial charge in [0.2, 0.25) is 11.8 Å². The number of hydrogen-bond donors (Lipinski definition) is 1. The summed E-state index contributed by atoms with van der Waals surface area (Å²) in [7, 11) is 3.41. The number of nitrogens with one attached hydrogen (secondary N) is 1. The first-order valence-electron chi connectivity index (χ1n) is 5.53. The summed E-state index contributed by atoms with van der Waals surface area (Å²) >= 11 is 0. The monoisotopic (exact) mass is 240 g/mol. The Morgan fingerprint density at radius 2 is 2.00 bits per heavy atom. The molecule has 6 heteroatoms. The molecule has 0 spiro atoms. The van der Waals surface area contributed by atoms with Gasteiger partial charge in [0.1, 0.15) is 6.04 Å². The van der Waals surface area contributed by atoms with Gasteiger partial charge in [0.25, 0.3) is 5.95 Å². The fourth-order valence-electron chi connectivity index (χ4n) is 1.23. The van der Waals surface area contributed by atoms with Gasteiger partial charge in [-0.25, -0.2) is 0 Å². The summed E-state index contributed by atoms with van der Waals surface area (Å²) in [5.74, 6) is 0.856. The van der Waals surface area contributed by atoms with E-state index in [1.54, 1.807) is 21.0 Å². The van der Waals surface area contributed by atoms with Crippen LogP contribution in [0, 0.1) is 0 Å². The smallest absolute Gasteiger partial charge is 0.264 e. The first-order valence-corrected chi connectivity index (χ1v) is 5.53. The molecule has 1 amide bonds. The minimum atomic E-state index is -0.379. The Bertz CT molecular complexity index is 392. The zero-order valence-electron chi connectivity index (χ0n) is 11.2. The lowest BCUT2D eigenvalue weighted by Crippen LogP contribution is -2.36. The van der Waals surface area contributed by atoms with E-state index in [0.29, 0.717) is 11.8 Å². The van der Waals surface area contributed by atoms with Crippen molar-refractivity contribution >= 4 is 11.9 Å². The van der Waals surface area contributed by atoms with Crippen LogP contribution < -0.4 is 5.32 Å². The maximum Gasteiger partial charge on any atom is 0.264 e. The highest BCUT2D eigenvalue weighted by atomic mass is 16.5. The highest BCUT2D eigenvalue weighted by Gasteiger charge is 2.23. The first-order chi connectivity index (χ1) is 7.71. The van der Waals surface area contributed by atoms with Gasteiger partial charge < -0.3 is 14.7 Å². The normalized spacial score (nSPS) is 13.3. The van der Waals surface area contributed by atoms with Gasteiger partial charge in [-0.1, -0.05) is 20.8 Å². The maximum absolute atomic E-state index is 11.6. The van der Waals surface area contributed by atoms with Crippen molar-refractivity contribution in [3.05, 3.63) is 5.89 Å². The van der Waals surface area contributed by atoms with Crippen LogP contribution in [0.4, 0.5) is 5.95 Å². The van der Waals surface area contributed by atoms with Crippen molar-refractivity contribution in [3.63, 3.8) is 0 Å². The third-order valence-corrected chi connectivity index (χ3v) is 2.22. The second-order valence-electron chi connectivity index (χ2n) is 5.27. The Labute approximate surface area is 101 Å². The number of amides is 1. The van der Waals surface area contributed by atoms with Gasteiger partial charge in [0.05, 0.1) is 0 Å². The molecule has 0 saturated carbocycles. The molecule has 0 aliphatic carbocycles. The van der Waals surface area contributed by atoms with Crippen molar-refractivity contribution in [1.29, 1.82) is 0 Å². The molecule has 1 atom stereocenters. The van der Waals surface area contributed by atoms with Crippen LogP contribution in [0.15, 0.2) is 4.52 Å². The summed E-state index contributed by atoms with van der Waals surface area (Å²) in [6, 6.07) is -0.379. The SMILES string of the molecule is C[C@H](Nc1noc(C(C)(C)C)n1)C(=O)N(C)C. The largest absolute Gasteiger partial charge is 0.347 e. The van der Waals surface area contributed by atoms with E-state index in [2.05, 4.69) is 15.5 Å². The first kappa shape index (κ1) is 13.5. The van der Waals surface area contributed by atoms with E-state index in [1.165, 1.54) is 4.90 Å². The Balaban J connectivity index is 2.70. The number of aromatic nitrogens is 2. The number of carbonyl (C=O) groups excluding carboxylic acids is 1. The van der Waals surface area contributed by atoms with Crippen LogP contribution in [0.25, 0.3) is 0 Å². The molecule has 1 rings (SSSR count). The Morgan fingerprint density at radius 3 is 2.41 bits per heavy atom. The lowest BCUT2D eigenvalue weighted by molar-refractivity contribution is -0.129. The summed E-state index contributed by atoms with van der Waals surface area (Å²) < 4.78 is 5.12. The van der Waals surface area contributed by atoms with Crippen molar-refractivity contribution in [3.8, 4) is 0 Å². The van der Waals surface area contributed by atoms with E-state index in [1.807, 2.05) is 20.8 Å². The van der Waals surface area contributed by atoms with Crippen LogP contribution in [-0.2, 0) is 10.2 Å². The number of anilines is 1. The van der Waals surface area contributed by atoms with Crippen LogP contribution in [-0.4, -0.2) is 41.1 Å². The molecule has 0 aliphatic heterocycles. The second kappa shape index (κ2) is 4.73. The van der Waals surface area contributed by atoms with Crippen molar-refractivity contribution in [2.75, 3.05) is 19.4 Å². The maximum atomic E-state index is 11.6. The van der Waals surface area contributed by atoms with E-state index in [0.717, 1.165) is 0 Å². The highest BCUT2D eigenvalue weighted by molar-refractivity contribution is 5.83. The molecule has 1 aromatic rings. The van der Waals surface area contributed by atoms with Crippen LogP contribution in [0.5, 0.6) is 0 Å². The zero-order valence-corrected chi connectivity index (χ0v) is 11.2. The Morgan fingerprint density at radius 1 is 1.41 bits per heavy atom. The lowest BCUT2D eigenvalue weighted by atomic mass is 9.97. The van der Waals surface area contributed by atoms with E-state index in [-0.39, 0.29) is 17.4 Å². The predicted molar refractivity (Wildman–Crippen MR) is 64.8 cm³/mol. The van der Waals surface area contributed by atoms with Crippen molar-refractivity contribution in [1.82, 2.24) is 15.0 Å².